The van der Waals surface area contributed by atoms with Gasteiger partial charge in [0.25, 0.3) is 5.91 Å². The molecule has 2 aromatic carbocycles. The predicted octanol–water partition coefficient (Wildman–Crippen LogP) is 5.92. The lowest BCUT2D eigenvalue weighted by Crippen LogP contribution is -2.46. The monoisotopic (exact) mass is 686 g/mol. The fourth-order valence-corrected chi connectivity index (χ4v) is 6.66. The quantitative estimate of drug-likeness (QED) is 0.233. The van der Waals surface area contributed by atoms with Gasteiger partial charge in [0.1, 0.15) is 11.5 Å². The summed E-state index contributed by atoms with van der Waals surface area (Å²) in [5.74, 6) is 0.791. The number of rotatable bonds is 8. The molecular weight excluding hydrogens is 649 g/mol. The molecule has 7 rings (SSSR count). The Morgan fingerprint density at radius 2 is 1.80 bits per heavy atom. The normalized spacial score (nSPS) is 17.0. The summed E-state index contributed by atoms with van der Waals surface area (Å²) >= 11 is 0. The molecular formula is C36H37F3N8O3. The SMILES string of the molecule is CCN1CCN(c2ccc(Nc3ncc4c(n3)C3(CC3)C(=O)N(c3cc(NC(=O)c5cccc(C(F)(F)F)c5)ccc3C)C4)c(OC)n2)CC1. The third-order valence-corrected chi connectivity index (χ3v) is 9.69. The Kier molecular flexibility index (Phi) is 8.58. The Morgan fingerprint density at radius 1 is 1.02 bits per heavy atom. The topological polar surface area (TPSA) is 116 Å². The van der Waals surface area contributed by atoms with E-state index in [9.17, 15) is 22.8 Å². The van der Waals surface area contributed by atoms with Crippen molar-refractivity contribution >= 4 is 40.6 Å². The minimum absolute atomic E-state index is 0.106. The van der Waals surface area contributed by atoms with Crippen molar-refractivity contribution < 1.29 is 27.5 Å². The van der Waals surface area contributed by atoms with Gasteiger partial charge in [0.15, 0.2) is 0 Å². The van der Waals surface area contributed by atoms with Gasteiger partial charge in [0.05, 0.1) is 30.3 Å². The zero-order valence-electron chi connectivity index (χ0n) is 28.0. The summed E-state index contributed by atoms with van der Waals surface area (Å²) in [6, 6.07) is 13.2. The number of aromatic nitrogens is 3. The number of nitrogens with zero attached hydrogens (tertiary/aromatic N) is 6. The van der Waals surface area contributed by atoms with E-state index in [2.05, 4.69) is 32.3 Å². The lowest BCUT2D eigenvalue weighted by molar-refractivity contribution is -0.137. The third-order valence-electron chi connectivity index (χ3n) is 9.69. The molecule has 50 heavy (non-hydrogen) atoms. The van der Waals surface area contributed by atoms with Crippen molar-refractivity contribution in [1.29, 1.82) is 0 Å². The van der Waals surface area contributed by atoms with Crippen molar-refractivity contribution in [2.24, 2.45) is 0 Å². The van der Waals surface area contributed by atoms with Crippen LogP contribution in [0.2, 0.25) is 0 Å². The number of halogens is 3. The van der Waals surface area contributed by atoms with Crippen LogP contribution in [0, 0.1) is 6.92 Å². The number of hydrogen-bond acceptors (Lipinski definition) is 9. The number of anilines is 5. The molecule has 4 heterocycles. The lowest BCUT2D eigenvalue weighted by Gasteiger charge is -2.35. The van der Waals surface area contributed by atoms with E-state index in [-0.39, 0.29) is 18.0 Å². The van der Waals surface area contributed by atoms with Crippen LogP contribution in [0.3, 0.4) is 0 Å². The number of carbonyl (C=O) groups is 2. The van der Waals surface area contributed by atoms with Gasteiger partial charge in [-0.15, -0.1) is 0 Å². The van der Waals surface area contributed by atoms with Gasteiger partial charge in [-0.3, -0.25) is 9.59 Å². The summed E-state index contributed by atoms with van der Waals surface area (Å²) in [6.07, 6.45) is -1.60. The molecule has 1 saturated carbocycles. The number of likely N-dealkylation sites (N-methyl/N-ethyl adjacent to an activating group) is 1. The molecule has 1 saturated heterocycles. The number of amides is 2. The number of methoxy groups -OCH3 is 1. The second-order valence-corrected chi connectivity index (χ2v) is 12.8. The molecule has 2 amide bonds. The first-order chi connectivity index (χ1) is 24.0. The molecule has 3 aliphatic rings. The van der Waals surface area contributed by atoms with Gasteiger partial charge < -0.3 is 30.1 Å². The highest BCUT2D eigenvalue weighted by Gasteiger charge is 2.58. The molecule has 0 atom stereocenters. The van der Waals surface area contributed by atoms with Crippen molar-refractivity contribution in [3.63, 3.8) is 0 Å². The number of aryl methyl sites for hydroxylation is 1. The minimum atomic E-state index is -4.57. The van der Waals surface area contributed by atoms with Gasteiger partial charge in [0.2, 0.25) is 17.7 Å². The van der Waals surface area contributed by atoms with E-state index < -0.39 is 23.1 Å². The summed E-state index contributed by atoms with van der Waals surface area (Å²) in [7, 11) is 1.57. The highest BCUT2D eigenvalue weighted by Crippen LogP contribution is 2.53. The number of piperazine rings is 1. The number of fused-ring (bicyclic) bond motifs is 2. The van der Waals surface area contributed by atoms with E-state index in [1.807, 2.05) is 19.1 Å². The highest BCUT2D eigenvalue weighted by atomic mass is 19.4. The van der Waals surface area contributed by atoms with E-state index in [0.717, 1.165) is 61.8 Å². The summed E-state index contributed by atoms with van der Waals surface area (Å²) < 4.78 is 45.3. The van der Waals surface area contributed by atoms with Crippen molar-refractivity contribution in [3.05, 3.63) is 88.7 Å². The van der Waals surface area contributed by atoms with Crippen LogP contribution < -0.4 is 25.2 Å². The molecule has 4 aromatic rings. The fourth-order valence-electron chi connectivity index (χ4n) is 6.66. The molecule has 260 valence electrons. The Hall–Kier alpha value is -5.24. The van der Waals surface area contributed by atoms with Crippen LogP contribution in [0.1, 0.15) is 52.5 Å². The average molecular weight is 687 g/mol. The van der Waals surface area contributed by atoms with E-state index in [4.69, 9.17) is 14.7 Å². The maximum Gasteiger partial charge on any atom is 0.416 e. The highest BCUT2D eigenvalue weighted by molar-refractivity contribution is 6.07. The lowest BCUT2D eigenvalue weighted by atomic mass is 9.91. The first-order valence-corrected chi connectivity index (χ1v) is 16.6. The summed E-state index contributed by atoms with van der Waals surface area (Å²) in [5, 5.41) is 5.92. The van der Waals surface area contributed by atoms with Gasteiger partial charge in [0, 0.05) is 54.9 Å². The molecule has 2 N–H and O–H groups in total. The van der Waals surface area contributed by atoms with Gasteiger partial charge >= 0.3 is 6.18 Å². The molecule has 2 aliphatic heterocycles. The maximum absolute atomic E-state index is 14.1. The van der Waals surface area contributed by atoms with Crippen LogP contribution in [-0.4, -0.2) is 71.5 Å². The van der Waals surface area contributed by atoms with Gasteiger partial charge in [-0.2, -0.15) is 18.2 Å². The number of alkyl halides is 3. The molecule has 0 bridgehead atoms. The Bertz CT molecular complexity index is 1960. The number of hydrogen-bond donors (Lipinski definition) is 2. The second kappa shape index (κ2) is 12.9. The van der Waals surface area contributed by atoms with Crippen molar-refractivity contribution in [1.82, 2.24) is 19.9 Å². The van der Waals surface area contributed by atoms with Gasteiger partial charge in [-0.25, -0.2) is 9.97 Å². The molecule has 0 unspecified atom stereocenters. The maximum atomic E-state index is 14.1. The van der Waals surface area contributed by atoms with Crippen LogP contribution in [0.5, 0.6) is 5.88 Å². The molecule has 11 nitrogen and oxygen atoms in total. The number of pyridine rings is 1. The summed E-state index contributed by atoms with van der Waals surface area (Å²) in [4.78, 5) is 47.5. The first kappa shape index (κ1) is 33.3. The number of carbonyl (C=O) groups excluding carboxylic acids is 2. The van der Waals surface area contributed by atoms with Crippen molar-refractivity contribution in [2.75, 3.05) is 60.3 Å². The molecule has 1 aliphatic carbocycles. The third kappa shape index (κ3) is 6.30. The smallest absolute Gasteiger partial charge is 0.416 e. The second-order valence-electron chi connectivity index (χ2n) is 12.8. The van der Waals surface area contributed by atoms with E-state index in [1.165, 1.54) is 12.1 Å². The average Bonchev–Trinajstić information content (AvgIpc) is 3.93. The van der Waals surface area contributed by atoms with Crippen molar-refractivity contribution in [3.8, 4) is 5.88 Å². The summed E-state index contributed by atoms with van der Waals surface area (Å²) in [6.45, 7) is 8.99. The fraction of sp³-hybridized carbons (Fsp3) is 0.361. The van der Waals surface area contributed by atoms with E-state index >= 15 is 0 Å². The minimum Gasteiger partial charge on any atom is -0.479 e. The van der Waals surface area contributed by atoms with Gasteiger partial charge in [-0.1, -0.05) is 19.1 Å². The Balaban J connectivity index is 1.10. The Morgan fingerprint density at radius 3 is 2.50 bits per heavy atom. The van der Waals surface area contributed by atoms with Crippen LogP contribution in [0.25, 0.3) is 0 Å². The summed E-state index contributed by atoms with van der Waals surface area (Å²) in [5.41, 5.74) is 1.99. The van der Waals surface area contributed by atoms with Gasteiger partial charge in [-0.05, 0) is 74.3 Å². The van der Waals surface area contributed by atoms with Crippen LogP contribution in [-0.2, 0) is 22.9 Å². The largest absolute Gasteiger partial charge is 0.479 e. The molecule has 2 aromatic heterocycles. The first-order valence-electron chi connectivity index (χ1n) is 16.6. The number of nitrogens with one attached hydrogen (secondary N) is 2. The van der Waals surface area contributed by atoms with Crippen LogP contribution in [0.15, 0.2) is 60.8 Å². The Labute approximate surface area is 287 Å². The van der Waals surface area contributed by atoms with E-state index in [0.29, 0.717) is 47.4 Å². The van der Waals surface area contributed by atoms with Crippen molar-refractivity contribution in [2.45, 2.75) is 44.8 Å². The zero-order valence-corrected chi connectivity index (χ0v) is 28.0. The van der Waals surface area contributed by atoms with Crippen LogP contribution >= 0.6 is 0 Å². The standard InChI is InChI=1S/C36H37F3N8O3/c1-4-45-14-16-46(17-15-45)29-11-10-27(32(43-29)50-3)42-34-40-20-24-21-47(33(49)35(12-13-35)30(24)44-34)28-19-26(9-8-22(28)2)41-31(48)23-6-5-7-25(18-23)36(37,38)39/h5-11,18-20H,4,12-17,21H2,1-3H3,(H,41,48)(H,40,42,44). The predicted molar refractivity (Wildman–Crippen MR) is 183 cm³/mol. The number of benzene rings is 2. The molecule has 0 radical (unpaired) electrons. The van der Waals surface area contributed by atoms with Crippen LogP contribution in [0.4, 0.5) is 42.0 Å². The van der Waals surface area contributed by atoms with E-state index in [1.54, 1.807) is 36.4 Å². The zero-order chi connectivity index (χ0) is 35.2. The molecule has 2 fully saturated rings. The number of ether oxygens (including phenoxy) is 1. The molecule has 14 heteroatoms. The molecule has 1 spiro atoms.